The van der Waals surface area contributed by atoms with Crippen LogP contribution in [0.25, 0.3) is 0 Å². The first-order valence-corrected chi connectivity index (χ1v) is 9.82. The van der Waals surface area contributed by atoms with E-state index in [1.165, 1.54) is 18.4 Å². The number of benzene rings is 1. The molecule has 0 aliphatic rings. The van der Waals surface area contributed by atoms with E-state index in [1.54, 1.807) is 30.3 Å². The number of carbonyl (C=O) groups excluding carboxylic acids is 2. The number of thiophene rings is 1. The summed E-state index contributed by atoms with van der Waals surface area (Å²) in [5.74, 6) is -1.06. The van der Waals surface area contributed by atoms with Crippen molar-refractivity contribution >= 4 is 45.8 Å². The summed E-state index contributed by atoms with van der Waals surface area (Å²) in [5.41, 5.74) is 0.900. The lowest BCUT2D eigenvalue weighted by Crippen LogP contribution is -2.16. The molecule has 0 bridgehead atoms. The molecule has 1 aromatic carbocycles. The van der Waals surface area contributed by atoms with Crippen LogP contribution in [0.4, 0.5) is 5.00 Å². The van der Waals surface area contributed by atoms with Gasteiger partial charge in [-0.1, -0.05) is 19.1 Å². The molecular formula is C18H19NO5S2. The minimum absolute atomic E-state index is 0.0123. The first-order chi connectivity index (χ1) is 12.4. The number of ether oxygens (including phenoxy) is 1. The molecule has 0 aliphatic carbocycles. The van der Waals surface area contributed by atoms with Crippen LogP contribution in [0.3, 0.4) is 0 Å². The van der Waals surface area contributed by atoms with Crippen molar-refractivity contribution in [2.24, 2.45) is 0 Å². The van der Waals surface area contributed by atoms with E-state index in [4.69, 9.17) is 9.84 Å². The number of amides is 1. The first kappa shape index (κ1) is 20.0. The second-order valence-electron chi connectivity index (χ2n) is 5.30. The van der Waals surface area contributed by atoms with Gasteiger partial charge in [0, 0.05) is 10.4 Å². The maximum atomic E-state index is 12.9. The highest BCUT2D eigenvalue weighted by atomic mass is 32.2. The Balaban J connectivity index is 2.20. The van der Waals surface area contributed by atoms with Crippen molar-refractivity contribution in [2.45, 2.75) is 13.3 Å². The fourth-order valence-corrected chi connectivity index (χ4v) is 3.74. The zero-order valence-corrected chi connectivity index (χ0v) is 16.0. The second kappa shape index (κ2) is 9.40. The number of nitrogens with one attached hydrogen (secondary N) is 1. The smallest absolute Gasteiger partial charge is 0.313 e. The molecule has 1 heterocycles. The normalized spacial score (nSPS) is 10.4. The van der Waals surface area contributed by atoms with Crippen molar-refractivity contribution in [3.05, 3.63) is 46.3 Å². The third-order valence-corrected chi connectivity index (χ3v) is 5.53. The van der Waals surface area contributed by atoms with E-state index in [1.807, 2.05) is 6.92 Å². The third-order valence-electron chi connectivity index (χ3n) is 3.42. The SMILES string of the molecule is CCc1cc(C(=O)c2cccc(OC)c2)c(NC(=O)CSCC(=O)O)s1. The zero-order valence-electron chi connectivity index (χ0n) is 14.4. The van der Waals surface area contributed by atoms with E-state index in [0.29, 0.717) is 21.9 Å². The molecule has 8 heteroatoms. The molecule has 138 valence electrons. The Morgan fingerprint density at radius 2 is 2.00 bits per heavy atom. The monoisotopic (exact) mass is 393 g/mol. The van der Waals surface area contributed by atoms with Crippen LogP contribution >= 0.6 is 23.1 Å². The van der Waals surface area contributed by atoms with E-state index in [9.17, 15) is 14.4 Å². The number of thioether (sulfide) groups is 1. The van der Waals surface area contributed by atoms with Crippen molar-refractivity contribution in [3.63, 3.8) is 0 Å². The summed E-state index contributed by atoms with van der Waals surface area (Å²) in [4.78, 5) is 36.4. The second-order valence-corrected chi connectivity index (χ2v) is 7.43. The van der Waals surface area contributed by atoms with Crippen molar-refractivity contribution < 1.29 is 24.2 Å². The van der Waals surface area contributed by atoms with Gasteiger partial charge >= 0.3 is 5.97 Å². The van der Waals surface area contributed by atoms with E-state index in [-0.39, 0.29) is 23.2 Å². The molecule has 1 aromatic heterocycles. The summed E-state index contributed by atoms with van der Waals surface area (Å²) in [5, 5.41) is 11.8. The lowest BCUT2D eigenvalue weighted by atomic mass is 10.0. The third kappa shape index (κ3) is 5.34. The Bertz CT molecular complexity index is 816. The van der Waals surface area contributed by atoms with Crippen LogP contribution in [0, 0.1) is 0 Å². The summed E-state index contributed by atoms with van der Waals surface area (Å²) >= 11 is 2.36. The summed E-state index contributed by atoms with van der Waals surface area (Å²) in [6, 6.07) is 8.62. The molecule has 2 rings (SSSR count). The molecule has 6 nitrogen and oxygen atoms in total. The number of aliphatic carboxylic acids is 1. The molecular weight excluding hydrogens is 374 g/mol. The van der Waals surface area contributed by atoms with Gasteiger partial charge in [-0.2, -0.15) is 0 Å². The minimum atomic E-state index is -0.971. The molecule has 0 fully saturated rings. The highest BCUT2D eigenvalue weighted by Gasteiger charge is 2.19. The number of carboxylic acid groups (broad SMARTS) is 1. The summed E-state index contributed by atoms with van der Waals surface area (Å²) in [7, 11) is 1.53. The van der Waals surface area contributed by atoms with E-state index in [0.717, 1.165) is 23.1 Å². The predicted octanol–water partition coefficient (Wildman–Crippen LogP) is 3.31. The molecule has 0 atom stereocenters. The molecule has 0 saturated carbocycles. The highest BCUT2D eigenvalue weighted by Crippen LogP contribution is 2.31. The number of ketones is 1. The van der Waals surface area contributed by atoms with Gasteiger partial charge in [-0.25, -0.2) is 0 Å². The molecule has 26 heavy (non-hydrogen) atoms. The van der Waals surface area contributed by atoms with E-state index < -0.39 is 5.97 Å². The predicted molar refractivity (Wildman–Crippen MR) is 104 cm³/mol. The maximum Gasteiger partial charge on any atom is 0.313 e. The average molecular weight is 393 g/mol. The van der Waals surface area contributed by atoms with Gasteiger partial charge in [0.2, 0.25) is 5.91 Å². The fraction of sp³-hybridized carbons (Fsp3) is 0.278. The summed E-state index contributed by atoms with van der Waals surface area (Å²) in [6.07, 6.45) is 0.743. The van der Waals surface area contributed by atoms with Crippen LogP contribution in [-0.2, 0) is 16.0 Å². The van der Waals surface area contributed by atoms with Crippen molar-refractivity contribution in [1.82, 2.24) is 0 Å². The lowest BCUT2D eigenvalue weighted by Gasteiger charge is -2.07. The Labute approximate surface area is 159 Å². The van der Waals surface area contributed by atoms with Crippen LogP contribution in [0.15, 0.2) is 30.3 Å². The molecule has 0 saturated heterocycles. The zero-order chi connectivity index (χ0) is 19.1. The Kier molecular flexibility index (Phi) is 7.23. The van der Waals surface area contributed by atoms with Gasteiger partial charge < -0.3 is 15.2 Å². The van der Waals surface area contributed by atoms with Gasteiger partial charge in [0.15, 0.2) is 5.78 Å². The van der Waals surface area contributed by atoms with Crippen molar-refractivity contribution in [3.8, 4) is 5.75 Å². The summed E-state index contributed by atoms with van der Waals surface area (Å²) in [6.45, 7) is 1.97. The molecule has 2 aromatic rings. The standard InChI is InChI=1S/C18H19NO5S2/c1-3-13-8-14(17(23)11-5-4-6-12(7-11)24-2)18(26-13)19-15(20)9-25-10-16(21)22/h4-8H,3,9-10H2,1-2H3,(H,19,20)(H,21,22). The quantitative estimate of drug-likeness (QED) is 0.635. The molecule has 0 aliphatic heterocycles. The van der Waals surface area contributed by atoms with Crippen LogP contribution in [0.2, 0.25) is 0 Å². The van der Waals surface area contributed by atoms with Gasteiger partial charge in [-0.3, -0.25) is 14.4 Å². The Hall–Kier alpha value is -2.32. The number of rotatable bonds is 9. The number of carboxylic acids is 1. The average Bonchev–Trinajstić information content (AvgIpc) is 3.03. The van der Waals surface area contributed by atoms with Gasteiger partial charge in [-0.05, 0) is 24.6 Å². The molecule has 0 unspecified atom stereocenters. The van der Waals surface area contributed by atoms with Crippen molar-refractivity contribution in [2.75, 3.05) is 23.9 Å². The van der Waals surface area contributed by atoms with Crippen LogP contribution in [0.5, 0.6) is 5.75 Å². The minimum Gasteiger partial charge on any atom is -0.497 e. The number of aryl methyl sites for hydroxylation is 1. The van der Waals surface area contributed by atoms with Gasteiger partial charge in [0.1, 0.15) is 10.8 Å². The van der Waals surface area contributed by atoms with Crippen LogP contribution < -0.4 is 10.1 Å². The van der Waals surface area contributed by atoms with E-state index >= 15 is 0 Å². The first-order valence-electron chi connectivity index (χ1n) is 7.85. The number of methoxy groups -OCH3 is 1. The number of hydrogen-bond donors (Lipinski definition) is 2. The van der Waals surface area contributed by atoms with E-state index in [2.05, 4.69) is 5.32 Å². The van der Waals surface area contributed by atoms with Crippen molar-refractivity contribution in [1.29, 1.82) is 0 Å². The topological polar surface area (TPSA) is 92.7 Å². The molecule has 2 N–H and O–H groups in total. The van der Waals surface area contributed by atoms with Gasteiger partial charge in [0.25, 0.3) is 0 Å². The molecule has 0 radical (unpaired) electrons. The number of carbonyl (C=O) groups is 3. The summed E-state index contributed by atoms with van der Waals surface area (Å²) < 4.78 is 5.16. The maximum absolute atomic E-state index is 12.9. The Morgan fingerprint density at radius 1 is 1.23 bits per heavy atom. The molecule has 0 spiro atoms. The Morgan fingerprint density at radius 3 is 2.65 bits per heavy atom. The highest BCUT2D eigenvalue weighted by molar-refractivity contribution is 8.00. The van der Waals surface area contributed by atoms with Gasteiger partial charge in [0.05, 0.1) is 24.2 Å². The largest absolute Gasteiger partial charge is 0.497 e. The fourth-order valence-electron chi connectivity index (χ4n) is 2.19. The van der Waals surface area contributed by atoms with Gasteiger partial charge in [-0.15, -0.1) is 23.1 Å². The van der Waals surface area contributed by atoms with Crippen LogP contribution in [-0.4, -0.2) is 41.4 Å². The lowest BCUT2D eigenvalue weighted by molar-refractivity contribution is -0.133. The number of anilines is 1. The molecule has 1 amide bonds. The number of hydrogen-bond acceptors (Lipinski definition) is 6. The van der Waals surface area contributed by atoms with Crippen LogP contribution in [0.1, 0.15) is 27.7 Å².